The van der Waals surface area contributed by atoms with Crippen LogP contribution < -0.4 is 0 Å². The monoisotopic (exact) mass is 313 g/mol. The Labute approximate surface area is 132 Å². The van der Waals surface area contributed by atoms with Crippen molar-refractivity contribution in [2.45, 2.75) is 10.6 Å². The maximum Gasteiger partial charge on any atom is 0.252 e. The molecule has 1 heterocycles. The van der Waals surface area contributed by atoms with Gasteiger partial charge in [0.15, 0.2) is 0 Å². The van der Waals surface area contributed by atoms with Crippen molar-refractivity contribution in [3.8, 4) is 0 Å². The van der Waals surface area contributed by atoms with Gasteiger partial charge in [-0.05, 0) is 35.4 Å². The highest BCUT2D eigenvalue weighted by Gasteiger charge is 2.09. The normalized spacial score (nSPS) is 10.7. The molecule has 0 saturated heterocycles. The first-order chi connectivity index (χ1) is 10.3. The second-order valence-electron chi connectivity index (χ2n) is 4.55. The van der Waals surface area contributed by atoms with E-state index in [0.717, 1.165) is 21.4 Å². The van der Waals surface area contributed by atoms with Crippen LogP contribution in [0.25, 0.3) is 10.9 Å². The summed E-state index contributed by atoms with van der Waals surface area (Å²) in [5.41, 5.74) is 2.50. The van der Waals surface area contributed by atoms with Gasteiger partial charge in [0.25, 0.3) is 5.24 Å². The highest BCUT2D eigenvalue weighted by atomic mass is 35.5. The summed E-state index contributed by atoms with van der Waals surface area (Å²) in [7, 11) is 0. The lowest BCUT2D eigenvalue weighted by atomic mass is 10.1. The number of aromatic nitrogens is 1. The summed E-state index contributed by atoms with van der Waals surface area (Å²) in [5.74, 6) is 0.685. The van der Waals surface area contributed by atoms with Crippen molar-refractivity contribution in [1.29, 1.82) is 0 Å². The van der Waals surface area contributed by atoms with Gasteiger partial charge in [-0.25, -0.2) is 0 Å². The number of benzene rings is 2. The highest BCUT2D eigenvalue weighted by molar-refractivity contribution is 7.98. The van der Waals surface area contributed by atoms with Gasteiger partial charge in [-0.15, -0.1) is 11.8 Å². The van der Waals surface area contributed by atoms with Crippen LogP contribution in [0.4, 0.5) is 0 Å². The molecule has 0 N–H and O–H groups in total. The van der Waals surface area contributed by atoms with E-state index in [1.54, 1.807) is 24.0 Å². The van der Waals surface area contributed by atoms with Gasteiger partial charge in [0.1, 0.15) is 0 Å². The Morgan fingerprint density at radius 3 is 2.71 bits per heavy atom. The van der Waals surface area contributed by atoms with E-state index in [1.165, 1.54) is 0 Å². The number of para-hydroxylation sites is 1. The molecule has 0 bridgehead atoms. The Morgan fingerprint density at radius 2 is 1.86 bits per heavy atom. The lowest BCUT2D eigenvalue weighted by Gasteiger charge is -2.07. The Bertz CT molecular complexity index is 798. The summed E-state index contributed by atoms with van der Waals surface area (Å²) in [6, 6.07) is 17.5. The van der Waals surface area contributed by atoms with Gasteiger partial charge in [0, 0.05) is 27.8 Å². The number of fused-ring (bicyclic) bond motifs is 1. The maximum absolute atomic E-state index is 11.4. The van der Waals surface area contributed by atoms with Crippen LogP contribution in [-0.2, 0) is 5.75 Å². The molecule has 2 aromatic carbocycles. The van der Waals surface area contributed by atoms with E-state index in [2.05, 4.69) is 4.98 Å². The van der Waals surface area contributed by atoms with E-state index in [-0.39, 0.29) is 0 Å². The second kappa shape index (κ2) is 6.29. The van der Waals surface area contributed by atoms with Gasteiger partial charge in [-0.3, -0.25) is 9.78 Å². The van der Waals surface area contributed by atoms with Crippen LogP contribution in [0.1, 0.15) is 15.9 Å². The zero-order chi connectivity index (χ0) is 14.7. The minimum Gasteiger partial charge on any atom is -0.276 e. The molecule has 0 spiro atoms. The molecule has 2 nitrogen and oxygen atoms in total. The van der Waals surface area contributed by atoms with Crippen molar-refractivity contribution in [2.24, 2.45) is 0 Å². The summed E-state index contributed by atoms with van der Waals surface area (Å²) < 4.78 is 0. The third kappa shape index (κ3) is 3.09. The highest BCUT2D eigenvalue weighted by Crippen LogP contribution is 2.30. The molecule has 3 rings (SSSR count). The number of nitrogens with zero attached hydrogens (tertiary/aromatic N) is 1. The number of carbonyl (C=O) groups is 1. The van der Waals surface area contributed by atoms with E-state index in [4.69, 9.17) is 11.6 Å². The fourth-order valence-corrected chi connectivity index (χ4v) is 3.42. The lowest BCUT2D eigenvalue weighted by molar-refractivity contribution is 0.108. The minimum absolute atomic E-state index is 0.415. The van der Waals surface area contributed by atoms with Gasteiger partial charge >= 0.3 is 0 Å². The van der Waals surface area contributed by atoms with E-state index < -0.39 is 5.24 Å². The molecule has 4 heteroatoms. The first-order valence-electron chi connectivity index (χ1n) is 6.50. The van der Waals surface area contributed by atoms with Gasteiger partial charge in [0.2, 0.25) is 0 Å². The molecule has 0 radical (unpaired) electrons. The fourth-order valence-electron chi connectivity index (χ4n) is 2.19. The Hall–Kier alpha value is -1.84. The summed E-state index contributed by atoms with van der Waals surface area (Å²) in [6.07, 6.45) is 1.79. The van der Waals surface area contributed by atoms with Crippen molar-refractivity contribution in [2.75, 3.05) is 0 Å². The summed E-state index contributed by atoms with van der Waals surface area (Å²) in [4.78, 5) is 17.0. The molecule has 3 aromatic rings. The summed E-state index contributed by atoms with van der Waals surface area (Å²) in [6.45, 7) is 0. The van der Waals surface area contributed by atoms with Crippen LogP contribution in [0.15, 0.2) is 65.7 Å². The van der Waals surface area contributed by atoms with Crippen molar-refractivity contribution in [3.05, 3.63) is 71.9 Å². The van der Waals surface area contributed by atoms with Crippen molar-refractivity contribution in [3.63, 3.8) is 0 Å². The molecule has 0 unspecified atom stereocenters. The standard InChI is InChI=1S/C17H12ClNOS/c18-17(20)14-8-2-1-5-13(14)11-21-15-9-3-6-12-7-4-10-19-16(12)15/h1-10H,11H2. The van der Waals surface area contributed by atoms with Crippen LogP contribution in [0, 0.1) is 0 Å². The molecule has 0 aliphatic rings. The molecule has 0 saturated carbocycles. The second-order valence-corrected chi connectivity index (χ2v) is 5.91. The Kier molecular flexibility index (Phi) is 4.23. The first-order valence-corrected chi connectivity index (χ1v) is 7.86. The largest absolute Gasteiger partial charge is 0.276 e. The molecule has 0 atom stereocenters. The summed E-state index contributed by atoms with van der Waals surface area (Å²) >= 11 is 7.29. The van der Waals surface area contributed by atoms with Crippen molar-refractivity contribution < 1.29 is 4.79 Å². The number of hydrogen-bond acceptors (Lipinski definition) is 3. The average Bonchev–Trinajstić information content (AvgIpc) is 2.53. The van der Waals surface area contributed by atoms with E-state index in [1.807, 2.05) is 48.5 Å². The van der Waals surface area contributed by atoms with Crippen LogP contribution >= 0.6 is 23.4 Å². The van der Waals surface area contributed by atoms with Gasteiger partial charge in [-0.1, -0.05) is 36.4 Å². The zero-order valence-corrected chi connectivity index (χ0v) is 12.7. The quantitative estimate of drug-likeness (QED) is 0.506. The molecular weight excluding hydrogens is 302 g/mol. The van der Waals surface area contributed by atoms with Crippen LogP contribution in [0.2, 0.25) is 0 Å². The summed E-state index contributed by atoms with van der Waals surface area (Å²) in [5, 5.41) is 0.700. The van der Waals surface area contributed by atoms with Crippen molar-refractivity contribution in [1.82, 2.24) is 4.98 Å². The SMILES string of the molecule is O=C(Cl)c1ccccc1CSc1cccc2cccnc12. The maximum atomic E-state index is 11.4. The molecule has 0 aliphatic carbocycles. The molecule has 0 fully saturated rings. The smallest absolute Gasteiger partial charge is 0.252 e. The van der Waals surface area contributed by atoms with Crippen LogP contribution in [0.5, 0.6) is 0 Å². The number of halogens is 1. The van der Waals surface area contributed by atoms with Gasteiger partial charge < -0.3 is 0 Å². The number of pyridine rings is 1. The Morgan fingerprint density at radius 1 is 1.05 bits per heavy atom. The molecule has 1 aromatic heterocycles. The molecule has 0 aliphatic heterocycles. The minimum atomic E-state index is -0.415. The van der Waals surface area contributed by atoms with Gasteiger partial charge in [0.05, 0.1) is 5.52 Å². The third-order valence-electron chi connectivity index (χ3n) is 3.21. The topological polar surface area (TPSA) is 30.0 Å². The molecular formula is C17H12ClNOS. The fraction of sp³-hybridized carbons (Fsp3) is 0.0588. The van der Waals surface area contributed by atoms with Crippen LogP contribution in [-0.4, -0.2) is 10.2 Å². The zero-order valence-electron chi connectivity index (χ0n) is 11.1. The molecule has 0 amide bonds. The Balaban J connectivity index is 1.89. The number of thioether (sulfide) groups is 1. The first kappa shape index (κ1) is 14.1. The predicted molar refractivity (Wildman–Crippen MR) is 87.9 cm³/mol. The molecule has 21 heavy (non-hydrogen) atoms. The van der Waals surface area contributed by atoms with Crippen molar-refractivity contribution >= 4 is 39.5 Å². The predicted octanol–water partition coefficient (Wildman–Crippen LogP) is 4.91. The van der Waals surface area contributed by atoms with E-state index >= 15 is 0 Å². The number of hydrogen-bond donors (Lipinski definition) is 0. The van der Waals surface area contributed by atoms with E-state index in [9.17, 15) is 4.79 Å². The molecule has 104 valence electrons. The van der Waals surface area contributed by atoms with Crippen LogP contribution in [0.3, 0.4) is 0 Å². The number of rotatable bonds is 4. The lowest BCUT2D eigenvalue weighted by Crippen LogP contribution is -1.95. The number of carbonyl (C=O) groups excluding carboxylic acids is 1. The van der Waals surface area contributed by atoms with Gasteiger partial charge in [-0.2, -0.15) is 0 Å². The average molecular weight is 314 g/mol. The van der Waals surface area contributed by atoms with E-state index in [0.29, 0.717) is 11.3 Å². The third-order valence-corrected chi connectivity index (χ3v) is 4.51.